The molecule has 0 radical (unpaired) electrons. The summed E-state index contributed by atoms with van der Waals surface area (Å²) in [4.78, 5) is 15.7. The molecule has 0 bridgehead atoms. The van der Waals surface area contributed by atoms with Gasteiger partial charge in [-0.3, -0.25) is 4.79 Å². The summed E-state index contributed by atoms with van der Waals surface area (Å²) in [6, 6.07) is 9.70. The molecule has 14 heavy (non-hydrogen) atoms. The first-order valence-electron chi connectivity index (χ1n) is 4.39. The summed E-state index contributed by atoms with van der Waals surface area (Å²) >= 11 is 0. The van der Waals surface area contributed by atoms with Crippen LogP contribution in [-0.4, -0.2) is 18.6 Å². The van der Waals surface area contributed by atoms with Crippen molar-refractivity contribution in [3.8, 4) is 0 Å². The van der Waals surface area contributed by atoms with Gasteiger partial charge in [-0.2, -0.15) is 0 Å². The fourth-order valence-corrected chi connectivity index (χ4v) is 1.12. The average Bonchev–Trinajstić information content (AvgIpc) is 2.18. The van der Waals surface area contributed by atoms with E-state index >= 15 is 0 Å². The highest BCUT2D eigenvalue weighted by Crippen LogP contribution is 2.01. The summed E-state index contributed by atoms with van der Waals surface area (Å²) in [5, 5.41) is 3.69. The molecule has 0 spiro atoms. The van der Waals surface area contributed by atoms with Crippen molar-refractivity contribution in [2.75, 3.05) is 7.11 Å². The van der Waals surface area contributed by atoms with E-state index < -0.39 is 0 Å². The van der Waals surface area contributed by atoms with E-state index in [1.54, 1.807) is 0 Å². The van der Waals surface area contributed by atoms with Crippen molar-refractivity contribution in [3.05, 3.63) is 35.9 Å². The van der Waals surface area contributed by atoms with E-state index in [1.807, 2.05) is 30.3 Å². The van der Waals surface area contributed by atoms with Gasteiger partial charge in [-0.15, -0.1) is 0 Å². The van der Waals surface area contributed by atoms with Gasteiger partial charge in [0.1, 0.15) is 12.8 Å². The summed E-state index contributed by atoms with van der Waals surface area (Å²) < 4.78 is 0. The van der Waals surface area contributed by atoms with Crippen LogP contribution in [0.25, 0.3) is 0 Å². The maximum atomic E-state index is 11.1. The predicted octanol–water partition coefficient (Wildman–Crippen LogP) is 1.82. The number of hydrogen-bond donors (Lipinski definition) is 0. The normalized spacial score (nSPS) is 11.1. The second kappa shape index (κ2) is 5.17. The lowest BCUT2D eigenvalue weighted by Gasteiger charge is -2.01. The first-order chi connectivity index (χ1) is 6.74. The smallest absolute Gasteiger partial charge is 0.177 e. The molecule has 0 aliphatic carbocycles. The molecule has 0 unspecified atom stereocenters. The number of nitrogens with zero attached hydrogens (tertiary/aromatic N) is 1. The Morgan fingerprint density at radius 1 is 1.36 bits per heavy atom. The lowest BCUT2D eigenvalue weighted by Crippen LogP contribution is -2.13. The number of carbonyl (C=O) groups is 1. The number of oxime groups is 1. The second-order valence-corrected chi connectivity index (χ2v) is 2.94. The van der Waals surface area contributed by atoms with E-state index in [1.165, 1.54) is 14.0 Å². The molecular formula is C11H13NO2. The highest BCUT2D eigenvalue weighted by Gasteiger charge is 2.07. The second-order valence-electron chi connectivity index (χ2n) is 2.94. The van der Waals surface area contributed by atoms with Crippen LogP contribution in [0.15, 0.2) is 35.5 Å². The third-order valence-electron chi connectivity index (χ3n) is 1.82. The van der Waals surface area contributed by atoms with Gasteiger partial charge in [0.25, 0.3) is 0 Å². The summed E-state index contributed by atoms with van der Waals surface area (Å²) in [5.41, 5.74) is 1.50. The molecule has 1 aromatic rings. The molecule has 0 fully saturated rings. The summed E-state index contributed by atoms with van der Waals surface area (Å²) in [5.74, 6) is -0.0595. The van der Waals surface area contributed by atoms with Crippen molar-refractivity contribution in [1.29, 1.82) is 0 Å². The van der Waals surface area contributed by atoms with Gasteiger partial charge in [0, 0.05) is 13.3 Å². The first-order valence-corrected chi connectivity index (χ1v) is 4.39. The molecule has 3 heteroatoms. The van der Waals surface area contributed by atoms with Gasteiger partial charge < -0.3 is 4.84 Å². The average molecular weight is 191 g/mol. The quantitative estimate of drug-likeness (QED) is 0.538. The molecule has 3 nitrogen and oxygen atoms in total. The SMILES string of the molecule is CON=C(Cc1ccccc1)C(C)=O. The zero-order chi connectivity index (χ0) is 10.4. The van der Waals surface area contributed by atoms with Crippen LogP contribution in [0.5, 0.6) is 0 Å². The third-order valence-corrected chi connectivity index (χ3v) is 1.82. The van der Waals surface area contributed by atoms with Crippen molar-refractivity contribution in [2.45, 2.75) is 13.3 Å². The van der Waals surface area contributed by atoms with Crippen LogP contribution in [0.2, 0.25) is 0 Å². The Balaban J connectivity index is 2.76. The van der Waals surface area contributed by atoms with Crippen molar-refractivity contribution in [3.63, 3.8) is 0 Å². The molecule has 1 rings (SSSR count). The largest absolute Gasteiger partial charge is 0.399 e. The van der Waals surface area contributed by atoms with E-state index in [-0.39, 0.29) is 5.78 Å². The van der Waals surface area contributed by atoms with Crippen LogP contribution < -0.4 is 0 Å². The van der Waals surface area contributed by atoms with Crippen LogP contribution in [-0.2, 0) is 16.1 Å². The number of Topliss-reactive ketones (excluding diaryl/α,β-unsaturated/α-hetero) is 1. The molecular weight excluding hydrogens is 178 g/mol. The highest BCUT2D eigenvalue weighted by molar-refractivity contribution is 6.39. The summed E-state index contributed by atoms with van der Waals surface area (Å²) in [6.07, 6.45) is 0.518. The van der Waals surface area contributed by atoms with Gasteiger partial charge in [-0.05, 0) is 5.56 Å². The van der Waals surface area contributed by atoms with Gasteiger partial charge in [0.15, 0.2) is 5.78 Å². The molecule has 74 valence electrons. The van der Waals surface area contributed by atoms with E-state index in [4.69, 9.17) is 0 Å². The fraction of sp³-hybridized carbons (Fsp3) is 0.273. The molecule has 0 aromatic heterocycles. The molecule has 0 aliphatic heterocycles. The van der Waals surface area contributed by atoms with Gasteiger partial charge in [-0.25, -0.2) is 0 Å². The molecule has 0 amide bonds. The summed E-state index contributed by atoms with van der Waals surface area (Å²) in [6.45, 7) is 1.49. The number of hydrogen-bond acceptors (Lipinski definition) is 3. The van der Waals surface area contributed by atoms with Crippen molar-refractivity contribution >= 4 is 11.5 Å². The lowest BCUT2D eigenvalue weighted by molar-refractivity contribution is -0.111. The van der Waals surface area contributed by atoms with E-state index in [0.717, 1.165) is 5.56 Å². The maximum absolute atomic E-state index is 11.1. The van der Waals surface area contributed by atoms with Crippen molar-refractivity contribution in [2.24, 2.45) is 5.16 Å². The fourth-order valence-electron chi connectivity index (χ4n) is 1.12. The Bertz CT molecular complexity index is 330. The number of benzene rings is 1. The maximum Gasteiger partial charge on any atom is 0.177 e. The lowest BCUT2D eigenvalue weighted by atomic mass is 10.1. The Morgan fingerprint density at radius 3 is 2.50 bits per heavy atom. The number of rotatable bonds is 4. The molecule has 0 saturated heterocycles. The molecule has 0 heterocycles. The standard InChI is InChI=1S/C11H13NO2/c1-9(13)11(12-14-2)8-10-6-4-3-5-7-10/h3-7H,8H2,1-2H3. The molecule has 0 saturated carbocycles. The van der Waals surface area contributed by atoms with Gasteiger partial charge in [-0.1, -0.05) is 35.5 Å². The Hall–Kier alpha value is -1.64. The van der Waals surface area contributed by atoms with Crippen LogP contribution in [0.3, 0.4) is 0 Å². The van der Waals surface area contributed by atoms with E-state index in [2.05, 4.69) is 9.99 Å². The molecule has 0 N–H and O–H groups in total. The van der Waals surface area contributed by atoms with Gasteiger partial charge in [0.05, 0.1) is 0 Å². The van der Waals surface area contributed by atoms with Gasteiger partial charge in [0.2, 0.25) is 0 Å². The Morgan fingerprint density at radius 2 is 2.00 bits per heavy atom. The Kier molecular flexibility index (Phi) is 3.85. The molecule has 1 aromatic carbocycles. The Labute approximate surface area is 83.4 Å². The summed E-state index contributed by atoms with van der Waals surface area (Å²) in [7, 11) is 1.44. The topological polar surface area (TPSA) is 38.7 Å². The zero-order valence-corrected chi connectivity index (χ0v) is 8.36. The third kappa shape index (κ3) is 3.01. The van der Waals surface area contributed by atoms with Crippen LogP contribution in [0.1, 0.15) is 12.5 Å². The van der Waals surface area contributed by atoms with Gasteiger partial charge >= 0.3 is 0 Å². The minimum Gasteiger partial charge on any atom is -0.399 e. The van der Waals surface area contributed by atoms with Crippen LogP contribution >= 0.6 is 0 Å². The van der Waals surface area contributed by atoms with Crippen molar-refractivity contribution in [1.82, 2.24) is 0 Å². The van der Waals surface area contributed by atoms with Crippen LogP contribution in [0, 0.1) is 0 Å². The van der Waals surface area contributed by atoms with E-state index in [9.17, 15) is 4.79 Å². The molecule has 0 atom stereocenters. The van der Waals surface area contributed by atoms with Crippen molar-refractivity contribution < 1.29 is 9.63 Å². The monoisotopic (exact) mass is 191 g/mol. The molecule has 0 aliphatic rings. The minimum absolute atomic E-state index is 0.0595. The number of carbonyl (C=O) groups excluding carboxylic acids is 1. The zero-order valence-electron chi connectivity index (χ0n) is 8.36. The highest BCUT2D eigenvalue weighted by atomic mass is 16.6. The van der Waals surface area contributed by atoms with Crippen LogP contribution in [0.4, 0.5) is 0 Å². The predicted molar refractivity (Wildman–Crippen MR) is 55.3 cm³/mol. The van der Waals surface area contributed by atoms with E-state index in [0.29, 0.717) is 12.1 Å². The minimum atomic E-state index is -0.0595. The number of ketones is 1. The first kappa shape index (κ1) is 10.4.